The van der Waals surface area contributed by atoms with Crippen molar-refractivity contribution in [2.45, 2.75) is 44.8 Å². The summed E-state index contributed by atoms with van der Waals surface area (Å²) in [6.07, 6.45) is 2.08. The second-order valence-electron chi connectivity index (χ2n) is 6.94. The molecule has 2 saturated heterocycles. The van der Waals surface area contributed by atoms with Gasteiger partial charge in [-0.3, -0.25) is 4.79 Å². The molecule has 1 amide bonds. The maximum atomic E-state index is 12.3. The van der Waals surface area contributed by atoms with Crippen molar-refractivity contribution in [3.05, 3.63) is 29.8 Å². The largest absolute Gasteiger partial charge is 0.385 e. The average molecular weight is 332 g/mol. The highest BCUT2D eigenvalue weighted by Crippen LogP contribution is 2.31. The van der Waals surface area contributed by atoms with Crippen LogP contribution < -0.4 is 5.32 Å². The highest BCUT2D eigenvalue weighted by atomic mass is 16.7. The van der Waals surface area contributed by atoms with Crippen molar-refractivity contribution in [1.82, 2.24) is 4.90 Å². The Bertz CT molecular complexity index is 540. The summed E-state index contributed by atoms with van der Waals surface area (Å²) in [5.41, 5.74) is 2.40. The lowest BCUT2D eigenvalue weighted by atomic mass is 10.0. The summed E-state index contributed by atoms with van der Waals surface area (Å²) < 4.78 is 11.4. The van der Waals surface area contributed by atoms with Gasteiger partial charge in [-0.05, 0) is 23.6 Å². The third kappa shape index (κ3) is 4.08. The lowest BCUT2D eigenvalue weighted by molar-refractivity contribution is -0.187. The zero-order valence-corrected chi connectivity index (χ0v) is 14.7. The standard InChI is InChI=1S/C19H28N2O3/c1-15(2)16-3-5-17(6-4-16)20-10-7-18(22)21-11-8-19(9-12-21)23-13-14-24-19/h3-6,15,20H,7-14H2,1-2H3. The first-order chi connectivity index (χ1) is 11.6. The van der Waals surface area contributed by atoms with Gasteiger partial charge in [-0.2, -0.15) is 0 Å². The molecule has 5 nitrogen and oxygen atoms in total. The smallest absolute Gasteiger partial charge is 0.224 e. The fourth-order valence-corrected chi connectivity index (χ4v) is 3.34. The van der Waals surface area contributed by atoms with Crippen molar-refractivity contribution in [1.29, 1.82) is 0 Å². The molecule has 2 fully saturated rings. The fraction of sp³-hybridized carbons (Fsp3) is 0.632. The van der Waals surface area contributed by atoms with E-state index in [9.17, 15) is 4.79 Å². The predicted molar refractivity (Wildman–Crippen MR) is 94.1 cm³/mol. The minimum atomic E-state index is -0.410. The molecule has 0 saturated carbocycles. The molecule has 3 rings (SSSR count). The second-order valence-corrected chi connectivity index (χ2v) is 6.94. The van der Waals surface area contributed by atoms with Crippen molar-refractivity contribution in [2.24, 2.45) is 0 Å². The van der Waals surface area contributed by atoms with Crippen LogP contribution in [0, 0.1) is 0 Å². The zero-order chi connectivity index (χ0) is 17.0. The molecule has 5 heteroatoms. The van der Waals surface area contributed by atoms with E-state index in [1.807, 2.05) is 4.90 Å². The molecular weight excluding hydrogens is 304 g/mol. The quantitative estimate of drug-likeness (QED) is 0.901. The highest BCUT2D eigenvalue weighted by Gasteiger charge is 2.40. The Morgan fingerprint density at radius 3 is 2.38 bits per heavy atom. The Morgan fingerprint density at radius 2 is 1.79 bits per heavy atom. The first-order valence-corrected chi connectivity index (χ1v) is 8.97. The number of carbonyl (C=O) groups excluding carboxylic acids is 1. The van der Waals surface area contributed by atoms with Crippen LogP contribution in [-0.4, -0.2) is 49.4 Å². The van der Waals surface area contributed by atoms with Gasteiger partial charge in [0.25, 0.3) is 0 Å². The summed E-state index contributed by atoms with van der Waals surface area (Å²) in [5, 5.41) is 3.33. The van der Waals surface area contributed by atoms with E-state index in [1.54, 1.807) is 0 Å². The maximum Gasteiger partial charge on any atom is 0.224 e. The monoisotopic (exact) mass is 332 g/mol. The topological polar surface area (TPSA) is 50.8 Å². The molecule has 2 aliphatic rings. The predicted octanol–water partition coefficient (Wildman–Crippen LogP) is 2.98. The number of hydrogen-bond acceptors (Lipinski definition) is 4. The SMILES string of the molecule is CC(C)c1ccc(NCCC(=O)N2CCC3(CC2)OCCO3)cc1. The van der Waals surface area contributed by atoms with E-state index in [0.717, 1.165) is 31.6 Å². The number of likely N-dealkylation sites (tertiary alicyclic amines) is 1. The van der Waals surface area contributed by atoms with Gasteiger partial charge in [-0.1, -0.05) is 26.0 Å². The summed E-state index contributed by atoms with van der Waals surface area (Å²) in [5.74, 6) is 0.331. The van der Waals surface area contributed by atoms with Crippen molar-refractivity contribution in [2.75, 3.05) is 38.2 Å². The van der Waals surface area contributed by atoms with Crippen LogP contribution in [0.15, 0.2) is 24.3 Å². The number of amides is 1. The number of benzene rings is 1. The molecule has 132 valence electrons. The van der Waals surface area contributed by atoms with Gasteiger partial charge in [-0.15, -0.1) is 0 Å². The van der Waals surface area contributed by atoms with Crippen molar-refractivity contribution < 1.29 is 14.3 Å². The van der Waals surface area contributed by atoms with E-state index in [1.165, 1.54) is 5.56 Å². The van der Waals surface area contributed by atoms with Crippen LogP contribution in [-0.2, 0) is 14.3 Å². The molecule has 2 heterocycles. The number of hydrogen-bond donors (Lipinski definition) is 1. The molecule has 0 aromatic heterocycles. The van der Waals surface area contributed by atoms with Crippen LogP contribution >= 0.6 is 0 Å². The van der Waals surface area contributed by atoms with Crippen molar-refractivity contribution >= 4 is 11.6 Å². The number of carbonyl (C=O) groups is 1. The molecule has 1 spiro atoms. The number of rotatable bonds is 5. The molecule has 24 heavy (non-hydrogen) atoms. The lowest BCUT2D eigenvalue weighted by Gasteiger charge is -2.37. The van der Waals surface area contributed by atoms with Gasteiger partial charge in [0.1, 0.15) is 0 Å². The van der Waals surface area contributed by atoms with E-state index >= 15 is 0 Å². The van der Waals surface area contributed by atoms with E-state index < -0.39 is 5.79 Å². The summed E-state index contributed by atoms with van der Waals surface area (Å²) in [4.78, 5) is 14.3. The lowest BCUT2D eigenvalue weighted by Crippen LogP contribution is -2.47. The first kappa shape index (κ1) is 17.2. The average Bonchev–Trinajstić information content (AvgIpc) is 3.04. The zero-order valence-electron chi connectivity index (χ0n) is 14.7. The molecule has 0 atom stereocenters. The molecular formula is C19H28N2O3. The van der Waals surface area contributed by atoms with Crippen molar-refractivity contribution in [3.8, 4) is 0 Å². The third-order valence-corrected chi connectivity index (χ3v) is 4.94. The van der Waals surface area contributed by atoms with Crippen molar-refractivity contribution in [3.63, 3.8) is 0 Å². The van der Waals surface area contributed by atoms with Gasteiger partial charge in [-0.25, -0.2) is 0 Å². The number of ether oxygens (including phenoxy) is 2. The van der Waals surface area contributed by atoms with Gasteiger partial charge >= 0.3 is 0 Å². The maximum absolute atomic E-state index is 12.3. The Hall–Kier alpha value is -1.59. The molecule has 1 aromatic carbocycles. The van der Waals surface area contributed by atoms with Crippen LogP contribution in [0.25, 0.3) is 0 Å². The number of nitrogens with one attached hydrogen (secondary N) is 1. The highest BCUT2D eigenvalue weighted by molar-refractivity contribution is 5.76. The number of anilines is 1. The van der Waals surface area contributed by atoms with Gasteiger partial charge in [0, 0.05) is 44.6 Å². The number of piperidine rings is 1. The summed E-state index contributed by atoms with van der Waals surface area (Å²) in [6, 6.07) is 8.44. The molecule has 1 aromatic rings. The Kier molecular flexibility index (Phi) is 5.41. The van der Waals surface area contributed by atoms with E-state index in [2.05, 4.69) is 43.4 Å². The van der Waals surface area contributed by atoms with Gasteiger partial charge in [0.15, 0.2) is 5.79 Å². The summed E-state index contributed by atoms with van der Waals surface area (Å²) in [6.45, 7) is 7.83. The minimum Gasteiger partial charge on any atom is -0.385 e. The van der Waals surface area contributed by atoms with Gasteiger partial charge in [0.2, 0.25) is 5.91 Å². The van der Waals surface area contributed by atoms with Gasteiger partial charge < -0.3 is 19.7 Å². The van der Waals surface area contributed by atoms with E-state index in [4.69, 9.17) is 9.47 Å². The second kappa shape index (κ2) is 7.53. The Morgan fingerprint density at radius 1 is 1.17 bits per heavy atom. The molecule has 2 aliphatic heterocycles. The normalized spacial score (nSPS) is 19.9. The van der Waals surface area contributed by atoms with Crippen LogP contribution in [0.2, 0.25) is 0 Å². The molecule has 0 bridgehead atoms. The molecule has 0 radical (unpaired) electrons. The fourth-order valence-electron chi connectivity index (χ4n) is 3.34. The molecule has 0 unspecified atom stereocenters. The number of nitrogens with zero attached hydrogens (tertiary/aromatic N) is 1. The van der Waals surface area contributed by atoms with E-state index in [0.29, 0.717) is 32.1 Å². The Labute approximate surface area is 144 Å². The molecule has 1 N–H and O–H groups in total. The van der Waals surface area contributed by atoms with Crippen LogP contribution in [0.4, 0.5) is 5.69 Å². The minimum absolute atomic E-state index is 0.203. The first-order valence-electron chi connectivity index (χ1n) is 8.97. The van der Waals surface area contributed by atoms with Crippen LogP contribution in [0.5, 0.6) is 0 Å². The molecule has 0 aliphatic carbocycles. The Balaban J connectivity index is 1.39. The third-order valence-electron chi connectivity index (χ3n) is 4.94. The van der Waals surface area contributed by atoms with Gasteiger partial charge in [0.05, 0.1) is 13.2 Å². The van der Waals surface area contributed by atoms with E-state index in [-0.39, 0.29) is 5.91 Å². The summed E-state index contributed by atoms with van der Waals surface area (Å²) in [7, 11) is 0. The van der Waals surface area contributed by atoms with Crippen LogP contribution in [0.1, 0.15) is 44.6 Å². The summed E-state index contributed by atoms with van der Waals surface area (Å²) >= 11 is 0. The van der Waals surface area contributed by atoms with Crippen LogP contribution in [0.3, 0.4) is 0 Å².